The number of amides is 1. The Morgan fingerprint density at radius 3 is 2.79 bits per heavy atom. The molecule has 3 rings (SSSR count). The van der Waals surface area contributed by atoms with Gasteiger partial charge in [-0.05, 0) is 12.8 Å². The zero-order chi connectivity index (χ0) is 13.6. The fourth-order valence-electron chi connectivity index (χ4n) is 2.90. The summed E-state index contributed by atoms with van der Waals surface area (Å²) in [7, 11) is 0. The molecule has 4 atom stereocenters. The molecule has 2 saturated heterocycles. The van der Waals surface area contributed by atoms with Gasteiger partial charge in [-0.2, -0.15) is 13.2 Å². The number of alkyl halides is 3. The average molecular weight is 292 g/mol. The minimum absolute atomic E-state index is 0.314. The van der Waals surface area contributed by atoms with Crippen molar-refractivity contribution in [3.8, 4) is 0 Å². The van der Waals surface area contributed by atoms with Crippen molar-refractivity contribution >= 4 is 22.4 Å². The second-order valence-electron chi connectivity index (χ2n) is 4.71. The molecule has 1 aromatic rings. The van der Waals surface area contributed by atoms with Crippen LogP contribution in [0.1, 0.15) is 12.8 Å². The first-order valence-corrected chi connectivity index (χ1v) is 6.77. The number of rotatable bonds is 2. The Morgan fingerprint density at radius 2 is 2.16 bits per heavy atom. The van der Waals surface area contributed by atoms with Gasteiger partial charge in [0.2, 0.25) is 5.91 Å². The zero-order valence-electron chi connectivity index (χ0n) is 9.68. The molecule has 1 aromatic heterocycles. The van der Waals surface area contributed by atoms with Crippen LogP contribution in [0.15, 0.2) is 11.6 Å². The summed E-state index contributed by atoms with van der Waals surface area (Å²) in [5, 5.41) is 4.40. The number of nitrogens with one attached hydrogen (secondary N) is 1. The first-order chi connectivity index (χ1) is 8.97. The van der Waals surface area contributed by atoms with E-state index in [0.717, 1.165) is 0 Å². The third-order valence-electron chi connectivity index (χ3n) is 3.62. The van der Waals surface area contributed by atoms with Crippen molar-refractivity contribution in [2.24, 2.45) is 11.8 Å². The maximum Gasteiger partial charge on any atom is 0.395 e. The van der Waals surface area contributed by atoms with Crippen LogP contribution in [0.5, 0.6) is 0 Å². The smallest absolute Gasteiger partial charge is 0.373 e. The molecule has 0 aromatic carbocycles. The number of hydrogen-bond acceptors (Lipinski definition) is 4. The largest absolute Gasteiger partial charge is 0.395 e. The Balaban J connectivity index is 1.80. The third kappa shape index (κ3) is 2.23. The van der Waals surface area contributed by atoms with Gasteiger partial charge < -0.3 is 10.1 Å². The zero-order valence-corrected chi connectivity index (χ0v) is 10.5. The number of halogens is 3. The summed E-state index contributed by atoms with van der Waals surface area (Å²) in [5.74, 6) is -3.52. The Kier molecular flexibility index (Phi) is 3.01. The van der Waals surface area contributed by atoms with Crippen LogP contribution in [-0.2, 0) is 9.53 Å². The van der Waals surface area contributed by atoms with Crippen molar-refractivity contribution in [3.63, 3.8) is 0 Å². The molecule has 2 fully saturated rings. The van der Waals surface area contributed by atoms with E-state index in [1.54, 1.807) is 5.38 Å². The molecule has 2 aliphatic rings. The Bertz CT molecular complexity index is 477. The Hall–Kier alpha value is -1.15. The Morgan fingerprint density at radius 1 is 1.42 bits per heavy atom. The summed E-state index contributed by atoms with van der Waals surface area (Å²) in [6.45, 7) is 0. The number of carbonyl (C=O) groups is 1. The topological polar surface area (TPSA) is 51.2 Å². The maximum absolute atomic E-state index is 13.0. The summed E-state index contributed by atoms with van der Waals surface area (Å²) in [6.07, 6.45) is -3.55. The molecule has 4 nitrogen and oxygen atoms in total. The van der Waals surface area contributed by atoms with Gasteiger partial charge in [0, 0.05) is 11.6 Å². The van der Waals surface area contributed by atoms with Gasteiger partial charge in [0.15, 0.2) is 5.13 Å². The molecule has 3 heterocycles. The minimum Gasteiger partial charge on any atom is -0.373 e. The lowest BCUT2D eigenvalue weighted by Crippen LogP contribution is -2.44. The van der Waals surface area contributed by atoms with Crippen molar-refractivity contribution in [1.29, 1.82) is 0 Å². The molecule has 19 heavy (non-hydrogen) atoms. The van der Waals surface area contributed by atoms with Gasteiger partial charge in [-0.25, -0.2) is 4.98 Å². The molecule has 0 aliphatic carbocycles. The maximum atomic E-state index is 13.0. The molecule has 8 heteroatoms. The number of hydrogen-bond donors (Lipinski definition) is 1. The van der Waals surface area contributed by atoms with Crippen LogP contribution in [0.3, 0.4) is 0 Å². The normalized spacial score (nSPS) is 33.6. The third-order valence-corrected chi connectivity index (χ3v) is 4.30. The number of nitrogens with zero attached hydrogens (tertiary/aromatic N) is 1. The number of carbonyl (C=O) groups excluding carboxylic acids is 1. The van der Waals surface area contributed by atoms with E-state index in [1.165, 1.54) is 17.5 Å². The van der Waals surface area contributed by atoms with E-state index in [2.05, 4.69) is 10.3 Å². The van der Waals surface area contributed by atoms with Gasteiger partial charge in [-0.15, -0.1) is 11.3 Å². The summed E-state index contributed by atoms with van der Waals surface area (Å²) < 4.78 is 44.4. The van der Waals surface area contributed by atoms with E-state index in [9.17, 15) is 18.0 Å². The van der Waals surface area contributed by atoms with Crippen molar-refractivity contribution in [2.75, 3.05) is 5.32 Å². The molecule has 2 bridgehead atoms. The van der Waals surface area contributed by atoms with E-state index in [-0.39, 0.29) is 0 Å². The second kappa shape index (κ2) is 4.45. The lowest BCUT2D eigenvalue weighted by molar-refractivity contribution is -0.196. The lowest BCUT2D eigenvalue weighted by atomic mass is 9.78. The van der Waals surface area contributed by atoms with Crippen LogP contribution < -0.4 is 5.32 Å². The molecule has 2 aliphatic heterocycles. The van der Waals surface area contributed by atoms with E-state index < -0.39 is 36.1 Å². The van der Waals surface area contributed by atoms with Crippen molar-refractivity contribution < 1.29 is 22.7 Å². The van der Waals surface area contributed by atoms with Gasteiger partial charge in [-0.3, -0.25) is 4.79 Å². The fourth-order valence-corrected chi connectivity index (χ4v) is 3.43. The molecule has 1 N–H and O–H groups in total. The number of ether oxygens (including phenoxy) is 1. The van der Waals surface area contributed by atoms with Crippen LogP contribution in [0.25, 0.3) is 0 Å². The van der Waals surface area contributed by atoms with Gasteiger partial charge in [-0.1, -0.05) is 0 Å². The van der Waals surface area contributed by atoms with E-state index in [0.29, 0.717) is 18.0 Å². The fraction of sp³-hybridized carbons (Fsp3) is 0.636. The SMILES string of the molecule is O=C(Nc1nccs1)C1C2CCC(O2)C1C(F)(F)F. The van der Waals surface area contributed by atoms with Crippen LogP contribution in [0.2, 0.25) is 0 Å². The van der Waals surface area contributed by atoms with E-state index in [4.69, 9.17) is 4.74 Å². The number of anilines is 1. The van der Waals surface area contributed by atoms with Crippen LogP contribution in [-0.4, -0.2) is 29.3 Å². The van der Waals surface area contributed by atoms with Crippen molar-refractivity contribution in [3.05, 3.63) is 11.6 Å². The van der Waals surface area contributed by atoms with Crippen LogP contribution in [0.4, 0.5) is 18.3 Å². The first kappa shape index (κ1) is 12.9. The second-order valence-corrected chi connectivity index (χ2v) is 5.60. The average Bonchev–Trinajstić information content (AvgIpc) is 3.02. The molecule has 0 radical (unpaired) electrons. The summed E-state index contributed by atoms with van der Waals surface area (Å²) in [4.78, 5) is 15.9. The van der Waals surface area contributed by atoms with Crippen molar-refractivity contribution in [1.82, 2.24) is 4.98 Å². The molecular weight excluding hydrogens is 281 g/mol. The standard InChI is InChI=1S/C11H11F3N2O2S/c12-11(13,14)8-6-2-1-5(18-6)7(8)9(17)16-10-15-3-4-19-10/h3-8H,1-2H2,(H,15,16,17). The molecule has 4 unspecified atom stereocenters. The highest BCUT2D eigenvalue weighted by Crippen LogP contribution is 2.50. The summed E-state index contributed by atoms with van der Waals surface area (Å²) >= 11 is 1.17. The van der Waals surface area contributed by atoms with Gasteiger partial charge in [0.25, 0.3) is 0 Å². The highest BCUT2D eigenvalue weighted by atomic mass is 32.1. The number of fused-ring (bicyclic) bond motifs is 2. The lowest BCUT2D eigenvalue weighted by Gasteiger charge is -2.28. The monoisotopic (exact) mass is 292 g/mol. The highest BCUT2D eigenvalue weighted by molar-refractivity contribution is 7.13. The first-order valence-electron chi connectivity index (χ1n) is 5.89. The highest BCUT2D eigenvalue weighted by Gasteiger charge is 2.62. The van der Waals surface area contributed by atoms with Gasteiger partial charge >= 0.3 is 6.18 Å². The molecule has 0 saturated carbocycles. The van der Waals surface area contributed by atoms with E-state index in [1.807, 2.05) is 0 Å². The summed E-state index contributed by atoms with van der Waals surface area (Å²) in [6, 6.07) is 0. The molecular formula is C11H11F3N2O2S. The van der Waals surface area contributed by atoms with E-state index >= 15 is 0 Å². The predicted octanol–water partition coefficient (Wildman–Crippen LogP) is 2.44. The Labute approximate surface area is 111 Å². The van der Waals surface area contributed by atoms with Crippen molar-refractivity contribution in [2.45, 2.75) is 31.2 Å². The predicted molar refractivity (Wildman–Crippen MR) is 61.7 cm³/mol. The molecule has 1 amide bonds. The molecule has 104 valence electrons. The minimum atomic E-state index is -4.41. The quantitative estimate of drug-likeness (QED) is 0.911. The van der Waals surface area contributed by atoms with Gasteiger partial charge in [0.05, 0.1) is 24.0 Å². The number of aromatic nitrogens is 1. The molecule has 0 spiro atoms. The van der Waals surface area contributed by atoms with Crippen LogP contribution in [0, 0.1) is 11.8 Å². The number of thiazole rings is 1. The summed E-state index contributed by atoms with van der Waals surface area (Å²) in [5.41, 5.74) is 0. The van der Waals surface area contributed by atoms with Gasteiger partial charge in [0.1, 0.15) is 0 Å². The van der Waals surface area contributed by atoms with Crippen LogP contribution >= 0.6 is 11.3 Å².